The Bertz CT molecular complexity index is 1620. The number of sulfonamides is 1. The second-order valence-electron chi connectivity index (χ2n) is 10.2. The van der Waals surface area contributed by atoms with Crippen molar-refractivity contribution in [3.8, 4) is 0 Å². The van der Waals surface area contributed by atoms with Crippen LogP contribution in [0.5, 0.6) is 0 Å². The van der Waals surface area contributed by atoms with E-state index in [-0.39, 0.29) is 17.6 Å². The minimum atomic E-state index is -5.08. The molecular weight excluding hydrogens is 627 g/mol. The number of carboxylic acid groups (broad SMARTS) is 1. The summed E-state index contributed by atoms with van der Waals surface area (Å²) in [4.78, 5) is 23.7. The number of carbonyl (C=O) groups is 2. The highest BCUT2D eigenvalue weighted by atomic mass is 35.5. The number of alkyl halides is 3. The molecule has 0 spiro atoms. The van der Waals surface area contributed by atoms with Gasteiger partial charge in [0.2, 0.25) is 10.0 Å². The number of aromatic nitrogens is 2. The molecule has 2 N–H and O–H groups in total. The number of carboxylic acids is 1. The first kappa shape index (κ1) is 32.0. The van der Waals surface area contributed by atoms with E-state index in [4.69, 9.17) is 33.1 Å². The van der Waals surface area contributed by atoms with Gasteiger partial charge < -0.3 is 5.11 Å². The molecule has 2 aromatic carbocycles. The lowest BCUT2D eigenvalue weighted by Crippen LogP contribution is -2.33. The van der Waals surface area contributed by atoms with Gasteiger partial charge in [0.1, 0.15) is 5.82 Å². The van der Waals surface area contributed by atoms with Crippen molar-refractivity contribution in [2.45, 2.75) is 56.6 Å². The third kappa shape index (κ3) is 7.16. The number of aryl methyl sites for hydroxylation is 1. The number of benzene rings is 2. The number of rotatable bonds is 6. The number of carbonyl (C=O) groups excluding carboxylic acids is 1. The van der Waals surface area contributed by atoms with Gasteiger partial charge in [0, 0.05) is 40.6 Å². The van der Waals surface area contributed by atoms with Gasteiger partial charge >= 0.3 is 12.1 Å². The van der Waals surface area contributed by atoms with Gasteiger partial charge in [0.05, 0.1) is 28.1 Å². The van der Waals surface area contributed by atoms with E-state index in [0.29, 0.717) is 46.0 Å². The van der Waals surface area contributed by atoms with E-state index < -0.39 is 39.1 Å². The zero-order valence-electron chi connectivity index (χ0n) is 22.3. The molecule has 42 heavy (non-hydrogen) atoms. The molecule has 2 fully saturated rings. The van der Waals surface area contributed by atoms with Crippen molar-refractivity contribution in [3.05, 3.63) is 63.0 Å². The van der Waals surface area contributed by atoms with Crippen LogP contribution in [0.2, 0.25) is 10.0 Å². The number of nitrogens with zero attached hydrogens (tertiary/aromatic N) is 3. The Morgan fingerprint density at radius 3 is 2.24 bits per heavy atom. The Hall–Kier alpha value is -2.94. The van der Waals surface area contributed by atoms with Gasteiger partial charge in [-0.1, -0.05) is 23.2 Å². The Labute approximate surface area is 248 Å². The molecule has 1 aromatic heterocycles. The van der Waals surface area contributed by atoms with Crippen LogP contribution in [0.3, 0.4) is 0 Å². The maximum Gasteiger partial charge on any atom is 0.490 e. The normalized spacial score (nSPS) is 18.4. The van der Waals surface area contributed by atoms with Gasteiger partial charge in [-0.2, -0.15) is 18.3 Å². The smallest absolute Gasteiger partial charge is 0.475 e. The Morgan fingerprint density at radius 1 is 1.10 bits per heavy atom. The van der Waals surface area contributed by atoms with E-state index in [9.17, 15) is 26.4 Å². The predicted octanol–water partition coefficient (Wildman–Crippen LogP) is 5.65. The maximum absolute atomic E-state index is 15.0. The molecule has 3 aromatic rings. The van der Waals surface area contributed by atoms with Crippen LogP contribution in [-0.4, -0.2) is 64.6 Å². The van der Waals surface area contributed by atoms with E-state index in [1.54, 1.807) is 13.0 Å². The zero-order valence-corrected chi connectivity index (χ0v) is 24.6. The van der Waals surface area contributed by atoms with Crippen LogP contribution in [0.15, 0.2) is 30.3 Å². The Kier molecular flexibility index (Phi) is 9.12. The fourth-order valence-corrected chi connectivity index (χ4v) is 6.59. The molecule has 1 unspecified atom stereocenters. The van der Waals surface area contributed by atoms with Gasteiger partial charge in [-0.15, -0.1) is 0 Å². The first-order chi connectivity index (χ1) is 19.5. The molecule has 1 saturated heterocycles. The molecule has 5 rings (SSSR count). The summed E-state index contributed by atoms with van der Waals surface area (Å²) in [6.07, 6.45) is -3.24. The van der Waals surface area contributed by atoms with Crippen molar-refractivity contribution < 1.29 is 40.7 Å². The number of hydrogen-bond acceptors (Lipinski definition) is 6. The van der Waals surface area contributed by atoms with E-state index in [1.807, 2.05) is 21.5 Å². The molecule has 0 bridgehead atoms. The van der Waals surface area contributed by atoms with Crippen molar-refractivity contribution in [1.29, 1.82) is 0 Å². The van der Waals surface area contributed by atoms with E-state index >= 15 is 4.39 Å². The molecule has 2 atom stereocenters. The van der Waals surface area contributed by atoms with Crippen LogP contribution in [0.1, 0.15) is 59.9 Å². The monoisotopic (exact) mass is 652 g/mol. The topological polar surface area (TPSA) is 122 Å². The molecule has 9 nitrogen and oxygen atoms in total. The van der Waals surface area contributed by atoms with Crippen LogP contribution in [-0.2, 0) is 14.8 Å². The van der Waals surface area contributed by atoms with Crippen LogP contribution in [0, 0.1) is 12.7 Å². The van der Waals surface area contributed by atoms with Gasteiger partial charge in [0.25, 0.3) is 5.91 Å². The molecular formula is C26H26Cl2F4N4O5S. The summed E-state index contributed by atoms with van der Waals surface area (Å²) in [6.45, 7) is 5.41. The molecule has 2 heterocycles. The summed E-state index contributed by atoms with van der Waals surface area (Å²) in [5.41, 5.74) is 1.94. The number of halogens is 6. The molecule has 16 heteroatoms. The number of likely N-dealkylation sites (tertiary alicyclic amines) is 1. The Balaban J connectivity index is 0.000000517. The fourth-order valence-electron chi connectivity index (χ4n) is 4.76. The largest absolute Gasteiger partial charge is 0.490 e. The number of fused-ring (bicyclic) bond motifs is 1. The van der Waals surface area contributed by atoms with Gasteiger partial charge in [-0.05, 0) is 62.9 Å². The van der Waals surface area contributed by atoms with Crippen LogP contribution < -0.4 is 4.72 Å². The molecule has 1 saturated carbocycles. The number of aliphatic carboxylic acids is 1. The third-order valence-electron chi connectivity index (χ3n) is 7.12. The first-order valence-corrected chi connectivity index (χ1v) is 15.0. The summed E-state index contributed by atoms with van der Waals surface area (Å²) in [5.74, 6) is -4.49. The number of amides is 1. The van der Waals surface area contributed by atoms with Crippen molar-refractivity contribution in [2.24, 2.45) is 0 Å². The summed E-state index contributed by atoms with van der Waals surface area (Å²) in [5, 5.41) is 13.0. The molecule has 1 amide bonds. The standard InChI is InChI=1S/C24H25Cl2FN4O3S.C2HF3O2/c1-13-20-10-21(24(32)29-35(33,34)19-3-4-19)22(27)11-23(20)31(28-13)18-5-6-30(12-18)14(2)15-7-16(25)9-17(26)8-15;3-2(4,5)1(6)7/h7-11,14,18-19H,3-6,12H2,1-2H3,(H,29,32);(H,6,7)/t14?,18-;/m1./s1. The predicted molar refractivity (Wildman–Crippen MR) is 148 cm³/mol. The van der Waals surface area contributed by atoms with Gasteiger partial charge in [0.15, 0.2) is 0 Å². The number of nitrogens with one attached hydrogen (secondary N) is 1. The Morgan fingerprint density at radius 2 is 1.69 bits per heavy atom. The minimum absolute atomic E-state index is 0.0117. The summed E-state index contributed by atoms with van der Waals surface area (Å²) in [6, 6.07) is 8.28. The first-order valence-electron chi connectivity index (χ1n) is 12.7. The lowest BCUT2D eigenvalue weighted by Gasteiger charge is -2.25. The highest BCUT2D eigenvalue weighted by Crippen LogP contribution is 2.35. The molecule has 228 valence electrons. The maximum atomic E-state index is 15.0. The lowest BCUT2D eigenvalue weighted by molar-refractivity contribution is -0.192. The van der Waals surface area contributed by atoms with E-state index in [2.05, 4.69) is 16.9 Å². The second-order valence-corrected chi connectivity index (χ2v) is 13.0. The zero-order chi connectivity index (χ0) is 31.1. The lowest BCUT2D eigenvalue weighted by atomic mass is 10.1. The summed E-state index contributed by atoms with van der Waals surface area (Å²) >= 11 is 12.4. The van der Waals surface area contributed by atoms with E-state index in [0.717, 1.165) is 18.5 Å². The quantitative estimate of drug-likeness (QED) is 0.330. The van der Waals surface area contributed by atoms with Crippen LogP contribution >= 0.6 is 23.2 Å². The molecule has 1 aliphatic carbocycles. The SMILES string of the molecule is Cc1nn([C@@H]2CCN(C(C)c3cc(Cl)cc(Cl)c3)C2)c2cc(F)c(C(=O)NS(=O)(=O)C3CC3)cc12.O=C(O)C(F)(F)F. The van der Waals surface area contributed by atoms with Crippen molar-refractivity contribution in [3.63, 3.8) is 0 Å². The highest BCUT2D eigenvalue weighted by Gasteiger charge is 2.39. The van der Waals surface area contributed by atoms with E-state index in [1.165, 1.54) is 12.1 Å². The van der Waals surface area contributed by atoms with Crippen molar-refractivity contribution in [1.82, 2.24) is 19.4 Å². The van der Waals surface area contributed by atoms with Crippen LogP contribution in [0.25, 0.3) is 10.9 Å². The van der Waals surface area contributed by atoms with Crippen LogP contribution in [0.4, 0.5) is 17.6 Å². The fraction of sp³-hybridized carbons (Fsp3) is 0.423. The molecule has 0 radical (unpaired) electrons. The van der Waals surface area contributed by atoms with Gasteiger partial charge in [-0.25, -0.2) is 22.3 Å². The summed E-state index contributed by atoms with van der Waals surface area (Å²) < 4.78 is 74.8. The third-order valence-corrected chi connectivity index (χ3v) is 9.38. The minimum Gasteiger partial charge on any atom is -0.475 e. The number of hydrogen-bond donors (Lipinski definition) is 2. The molecule has 1 aliphatic heterocycles. The average molecular weight is 653 g/mol. The highest BCUT2D eigenvalue weighted by molar-refractivity contribution is 7.91. The molecule has 2 aliphatic rings. The van der Waals surface area contributed by atoms with Gasteiger partial charge in [-0.3, -0.25) is 14.4 Å². The van der Waals surface area contributed by atoms with Crippen molar-refractivity contribution in [2.75, 3.05) is 13.1 Å². The van der Waals surface area contributed by atoms with Crippen molar-refractivity contribution >= 4 is 56.0 Å². The second kappa shape index (κ2) is 12.0. The summed E-state index contributed by atoms with van der Waals surface area (Å²) in [7, 11) is -3.77. The average Bonchev–Trinajstić information content (AvgIpc) is 3.56.